The number of carbonyl (C=O) groups is 1. The summed E-state index contributed by atoms with van der Waals surface area (Å²) in [5.41, 5.74) is 0.120. The number of carbonyl (C=O) groups excluding carboxylic acids is 1. The van der Waals surface area contributed by atoms with Gasteiger partial charge in [-0.1, -0.05) is 41.5 Å². The van der Waals surface area contributed by atoms with E-state index < -0.39 is 0 Å². The third-order valence-electron chi connectivity index (χ3n) is 4.36. The van der Waals surface area contributed by atoms with Crippen LogP contribution < -0.4 is 0 Å². The van der Waals surface area contributed by atoms with Crippen molar-refractivity contribution in [1.82, 2.24) is 0 Å². The zero-order valence-electron chi connectivity index (χ0n) is 12.2. The van der Waals surface area contributed by atoms with Crippen LogP contribution in [0, 0.1) is 28.6 Å². The number of aliphatic hydroxyl groups is 1. The minimum absolute atomic E-state index is 0.0601. The highest BCUT2D eigenvalue weighted by atomic mass is 16.3. The van der Waals surface area contributed by atoms with Crippen LogP contribution in [0.15, 0.2) is 0 Å². The standard InChI is InChI=1S/C15H28O2/c1-14(2,3)11-7-10(9-16)8-12(13(11)17)15(4,5)6/h9-13,17H,7-8H2,1-6H3. The second-order valence-electron chi connectivity index (χ2n) is 7.80. The van der Waals surface area contributed by atoms with Crippen molar-refractivity contribution in [3.05, 3.63) is 0 Å². The number of rotatable bonds is 1. The molecule has 100 valence electrons. The molecule has 0 radical (unpaired) electrons. The smallest absolute Gasteiger partial charge is 0.123 e. The Morgan fingerprint density at radius 2 is 1.29 bits per heavy atom. The average Bonchev–Trinajstić information content (AvgIpc) is 2.14. The summed E-state index contributed by atoms with van der Waals surface area (Å²) in [6.07, 6.45) is 2.47. The van der Waals surface area contributed by atoms with E-state index in [0.29, 0.717) is 0 Å². The molecule has 1 aliphatic rings. The Kier molecular flexibility index (Phi) is 4.08. The normalized spacial score (nSPS) is 35.7. The first-order chi connectivity index (χ1) is 7.57. The van der Waals surface area contributed by atoms with Crippen molar-refractivity contribution in [2.24, 2.45) is 28.6 Å². The summed E-state index contributed by atoms with van der Waals surface area (Å²) in [4.78, 5) is 11.1. The van der Waals surface area contributed by atoms with Crippen LogP contribution in [0.3, 0.4) is 0 Å². The van der Waals surface area contributed by atoms with Gasteiger partial charge in [-0.2, -0.15) is 0 Å². The molecule has 2 nitrogen and oxygen atoms in total. The minimum Gasteiger partial charge on any atom is -0.393 e. The van der Waals surface area contributed by atoms with E-state index in [1.165, 1.54) is 0 Å². The lowest BCUT2D eigenvalue weighted by atomic mass is 9.59. The Labute approximate surface area is 106 Å². The summed E-state index contributed by atoms with van der Waals surface area (Å²) in [7, 11) is 0. The van der Waals surface area contributed by atoms with Gasteiger partial charge < -0.3 is 9.90 Å². The molecule has 1 fully saturated rings. The van der Waals surface area contributed by atoms with Crippen LogP contribution in [0.4, 0.5) is 0 Å². The molecule has 0 aliphatic heterocycles. The largest absolute Gasteiger partial charge is 0.393 e. The first kappa shape index (κ1) is 14.7. The molecule has 1 rings (SSSR count). The summed E-state index contributed by atoms with van der Waals surface area (Å²) < 4.78 is 0. The Morgan fingerprint density at radius 3 is 1.53 bits per heavy atom. The van der Waals surface area contributed by atoms with Gasteiger partial charge in [-0.05, 0) is 35.5 Å². The fraction of sp³-hybridized carbons (Fsp3) is 0.933. The Balaban J connectivity index is 2.98. The van der Waals surface area contributed by atoms with Gasteiger partial charge in [0.2, 0.25) is 0 Å². The van der Waals surface area contributed by atoms with Gasteiger partial charge in [-0.3, -0.25) is 0 Å². The maximum atomic E-state index is 11.1. The molecule has 2 heteroatoms. The molecule has 0 bridgehead atoms. The fourth-order valence-corrected chi connectivity index (χ4v) is 3.15. The fourth-order valence-electron chi connectivity index (χ4n) is 3.15. The molecular formula is C15H28O2. The topological polar surface area (TPSA) is 37.3 Å². The molecule has 0 aromatic heterocycles. The summed E-state index contributed by atoms with van der Waals surface area (Å²) in [5, 5.41) is 10.6. The van der Waals surface area contributed by atoms with Gasteiger partial charge in [0.05, 0.1) is 6.10 Å². The van der Waals surface area contributed by atoms with E-state index in [-0.39, 0.29) is 34.7 Å². The zero-order chi connectivity index (χ0) is 13.4. The first-order valence-electron chi connectivity index (χ1n) is 6.70. The Bertz CT molecular complexity index is 246. The van der Waals surface area contributed by atoms with Crippen LogP contribution in [-0.4, -0.2) is 17.5 Å². The van der Waals surface area contributed by atoms with Crippen LogP contribution in [0.25, 0.3) is 0 Å². The lowest BCUT2D eigenvalue weighted by Gasteiger charge is -2.48. The molecule has 1 saturated carbocycles. The van der Waals surface area contributed by atoms with E-state index in [9.17, 15) is 9.90 Å². The monoisotopic (exact) mass is 240 g/mol. The zero-order valence-corrected chi connectivity index (χ0v) is 12.2. The molecule has 0 aromatic rings. The number of hydrogen-bond acceptors (Lipinski definition) is 2. The summed E-state index contributed by atoms with van der Waals surface area (Å²) >= 11 is 0. The molecule has 2 atom stereocenters. The van der Waals surface area contributed by atoms with Gasteiger partial charge in [0.25, 0.3) is 0 Å². The molecule has 0 saturated heterocycles. The van der Waals surface area contributed by atoms with E-state index in [2.05, 4.69) is 41.5 Å². The van der Waals surface area contributed by atoms with Crippen LogP contribution >= 0.6 is 0 Å². The van der Waals surface area contributed by atoms with E-state index in [1.54, 1.807) is 0 Å². The highest BCUT2D eigenvalue weighted by molar-refractivity contribution is 5.53. The molecule has 0 spiro atoms. The second-order valence-corrected chi connectivity index (χ2v) is 7.80. The summed E-state index contributed by atoms with van der Waals surface area (Å²) in [6, 6.07) is 0. The van der Waals surface area contributed by atoms with Crippen molar-refractivity contribution in [2.75, 3.05) is 0 Å². The number of aldehydes is 1. The van der Waals surface area contributed by atoms with Crippen molar-refractivity contribution in [3.63, 3.8) is 0 Å². The molecule has 17 heavy (non-hydrogen) atoms. The van der Waals surface area contributed by atoms with Gasteiger partial charge in [0.15, 0.2) is 0 Å². The van der Waals surface area contributed by atoms with E-state index >= 15 is 0 Å². The van der Waals surface area contributed by atoms with E-state index in [0.717, 1.165) is 19.1 Å². The Hall–Kier alpha value is -0.370. The predicted molar refractivity (Wildman–Crippen MR) is 70.7 cm³/mol. The molecule has 0 aromatic carbocycles. The van der Waals surface area contributed by atoms with Crippen molar-refractivity contribution < 1.29 is 9.90 Å². The van der Waals surface area contributed by atoms with Gasteiger partial charge in [0, 0.05) is 5.92 Å². The van der Waals surface area contributed by atoms with E-state index in [1.807, 2.05) is 0 Å². The molecule has 0 amide bonds. The maximum Gasteiger partial charge on any atom is 0.123 e. The van der Waals surface area contributed by atoms with Crippen LogP contribution in [0.1, 0.15) is 54.4 Å². The Morgan fingerprint density at radius 1 is 0.941 bits per heavy atom. The third-order valence-corrected chi connectivity index (χ3v) is 4.36. The SMILES string of the molecule is CC(C)(C)C1CC(C=O)CC(C(C)(C)C)C1O. The number of aliphatic hydroxyl groups excluding tert-OH is 1. The van der Waals surface area contributed by atoms with Gasteiger partial charge in [-0.25, -0.2) is 0 Å². The highest BCUT2D eigenvalue weighted by Crippen LogP contribution is 2.47. The molecule has 2 unspecified atom stereocenters. The van der Waals surface area contributed by atoms with Crippen molar-refractivity contribution in [1.29, 1.82) is 0 Å². The van der Waals surface area contributed by atoms with Gasteiger partial charge >= 0.3 is 0 Å². The molecule has 1 aliphatic carbocycles. The first-order valence-corrected chi connectivity index (χ1v) is 6.70. The van der Waals surface area contributed by atoms with Crippen LogP contribution in [0.5, 0.6) is 0 Å². The van der Waals surface area contributed by atoms with Crippen LogP contribution in [-0.2, 0) is 4.79 Å². The van der Waals surface area contributed by atoms with Gasteiger partial charge in [0.1, 0.15) is 6.29 Å². The lowest BCUT2D eigenvalue weighted by molar-refractivity contribution is -0.121. The summed E-state index contributed by atoms with van der Waals surface area (Å²) in [5.74, 6) is 0.554. The van der Waals surface area contributed by atoms with Crippen molar-refractivity contribution in [3.8, 4) is 0 Å². The molecular weight excluding hydrogens is 212 g/mol. The maximum absolute atomic E-state index is 11.1. The highest BCUT2D eigenvalue weighted by Gasteiger charge is 2.45. The average molecular weight is 240 g/mol. The quantitative estimate of drug-likeness (QED) is 0.714. The van der Waals surface area contributed by atoms with Crippen molar-refractivity contribution >= 4 is 6.29 Å². The summed E-state index contributed by atoms with van der Waals surface area (Å²) in [6.45, 7) is 13.0. The van der Waals surface area contributed by atoms with Gasteiger partial charge in [-0.15, -0.1) is 0 Å². The van der Waals surface area contributed by atoms with Crippen LogP contribution in [0.2, 0.25) is 0 Å². The molecule has 0 heterocycles. The lowest BCUT2D eigenvalue weighted by Crippen LogP contribution is -2.47. The second kappa shape index (κ2) is 4.72. The predicted octanol–water partition coefficient (Wildman–Crippen LogP) is 3.28. The number of hydrogen-bond donors (Lipinski definition) is 1. The molecule has 1 N–H and O–H groups in total. The van der Waals surface area contributed by atoms with E-state index in [4.69, 9.17) is 0 Å². The van der Waals surface area contributed by atoms with Crippen molar-refractivity contribution in [2.45, 2.75) is 60.5 Å². The minimum atomic E-state index is -0.286. The third kappa shape index (κ3) is 3.31.